The van der Waals surface area contributed by atoms with Crippen molar-refractivity contribution in [3.05, 3.63) is 42.1 Å². The quantitative estimate of drug-likeness (QED) is 0.615. The van der Waals surface area contributed by atoms with Crippen molar-refractivity contribution >= 4 is 11.5 Å². The van der Waals surface area contributed by atoms with Crippen molar-refractivity contribution in [3.63, 3.8) is 0 Å². The molecule has 0 spiro atoms. The van der Waals surface area contributed by atoms with Crippen LogP contribution in [0.4, 0.5) is 0 Å². The molecule has 0 fully saturated rings. The van der Waals surface area contributed by atoms with Crippen LogP contribution in [0.25, 0.3) is 5.57 Å². The van der Waals surface area contributed by atoms with E-state index in [-0.39, 0.29) is 19.0 Å². The summed E-state index contributed by atoms with van der Waals surface area (Å²) in [6, 6.07) is 0. The van der Waals surface area contributed by atoms with Gasteiger partial charge >= 0.3 is 5.97 Å². The predicted octanol–water partition coefficient (Wildman–Crippen LogP) is 2.71. The lowest BCUT2D eigenvalue weighted by atomic mass is 10.2. The van der Waals surface area contributed by atoms with Gasteiger partial charge in [0.1, 0.15) is 0 Å². The van der Waals surface area contributed by atoms with Crippen LogP contribution >= 0.6 is 0 Å². The van der Waals surface area contributed by atoms with E-state index in [9.17, 15) is 4.79 Å². The number of carbonyl (C=O) groups is 1. The molecule has 0 radical (unpaired) electrons. The lowest BCUT2D eigenvalue weighted by molar-refractivity contribution is -0.140. The van der Waals surface area contributed by atoms with Crippen LogP contribution in [0.2, 0.25) is 0 Å². The van der Waals surface area contributed by atoms with Gasteiger partial charge in [-0.2, -0.15) is 4.98 Å². The van der Waals surface area contributed by atoms with Crippen LogP contribution in [0, 0.1) is 0 Å². The minimum atomic E-state index is -0.328. The van der Waals surface area contributed by atoms with E-state index in [0.29, 0.717) is 23.7 Å². The van der Waals surface area contributed by atoms with E-state index in [1.54, 1.807) is 25.2 Å². The zero-order chi connectivity index (χ0) is 17.0. The first kappa shape index (κ1) is 19.8. The molecular formula is C16H24N2O4. The maximum Gasteiger partial charge on any atom is 0.306 e. The number of allylic oxidation sites excluding steroid dienone is 4. The van der Waals surface area contributed by atoms with Gasteiger partial charge in [-0.25, -0.2) is 0 Å². The van der Waals surface area contributed by atoms with Gasteiger partial charge in [0.05, 0.1) is 20.1 Å². The van der Waals surface area contributed by atoms with Gasteiger partial charge in [-0.15, -0.1) is 0 Å². The third-order valence-electron chi connectivity index (χ3n) is 2.51. The second-order valence-electron chi connectivity index (χ2n) is 4.09. The fourth-order valence-electron chi connectivity index (χ4n) is 1.30. The molecule has 0 amide bonds. The predicted molar refractivity (Wildman–Crippen MR) is 85.0 cm³/mol. The van der Waals surface area contributed by atoms with Gasteiger partial charge in [-0.1, -0.05) is 43.8 Å². The molecule has 0 bridgehead atoms. The van der Waals surface area contributed by atoms with Crippen molar-refractivity contribution in [3.8, 4) is 0 Å². The van der Waals surface area contributed by atoms with E-state index < -0.39 is 0 Å². The topological polar surface area (TPSA) is 85.5 Å². The first-order chi connectivity index (χ1) is 10.6. The number of rotatable bonds is 7. The molecule has 0 saturated carbocycles. The number of methoxy groups -OCH3 is 1. The van der Waals surface area contributed by atoms with Crippen molar-refractivity contribution in [2.45, 2.75) is 33.6 Å². The van der Waals surface area contributed by atoms with E-state index in [1.807, 2.05) is 13.8 Å². The maximum atomic E-state index is 11.0. The van der Waals surface area contributed by atoms with Crippen LogP contribution in [0.1, 0.15) is 38.9 Å². The van der Waals surface area contributed by atoms with E-state index >= 15 is 0 Å². The Hall–Kier alpha value is -2.21. The molecule has 0 aliphatic rings. The van der Waals surface area contributed by atoms with Gasteiger partial charge in [-0.05, 0) is 12.5 Å². The minimum Gasteiger partial charge on any atom is -0.469 e. The molecule has 1 aromatic heterocycles. The first-order valence-corrected chi connectivity index (χ1v) is 7.11. The normalized spacial score (nSPS) is 11.5. The molecule has 0 aliphatic heterocycles. The third kappa shape index (κ3) is 6.99. The fraction of sp³-hybridized carbons (Fsp3) is 0.438. The standard InChI is InChI=1S/C14H18N2O4.C2H6/c1-4-11(6-5-10(2)9-17)14-15-12(20-16-14)7-8-13(18)19-3;1-2/h4-6,17H,1,7-9H2,2-3H3;1-2H3/b10-5+,11-6+;. The summed E-state index contributed by atoms with van der Waals surface area (Å²) in [6.07, 6.45) is 5.61. The van der Waals surface area contributed by atoms with E-state index in [0.717, 1.165) is 5.57 Å². The zero-order valence-corrected chi connectivity index (χ0v) is 13.6. The summed E-state index contributed by atoms with van der Waals surface area (Å²) in [5, 5.41) is 12.7. The molecule has 22 heavy (non-hydrogen) atoms. The summed E-state index contributed by atoms with van der Waals surface area (Å²) in [7, 11) is 1.33. The molecule has 0 unspecified atom stereocenters. The Balaban J connectivity index is 0.00000211. The Bertz CT molecular complexity index is 530. The number of ether oxygens (including phenoxy) is 1. The Morgan fingerprint density at radius 3 is 2.64 bits per heavy atom. The third-order valence-corrected chi connectivity index (χ3v) is 2.51. The number of aromatic nitrogens is 2. The molecule has 0 saturated heterocycles. The lowest BCUT2D eigenvalue weighted by Crippen LogP contribution is -2.02. The molecule has 1 rings (SSSR count). The molecule has 1 aromatic rings. The second kappa shape index (κ2) is 11.4. The Labute approximate surface area is 131 Å². The number of hydrogen-bond donors (Lipinski definition) is 1. The number of carbonyl (C=O) groups excluding carboxylic acids is 1. The fourth-order valence-corrected chi connectivity index (χ4v) is 1.30. The molecule has 1 heterocycles. The van der Waals surface area contributed by atoms with Crippen LogP contribution in [0.15, 0.2) is 34.9 Å². The summed E-state index contributed by atoms with van der Waals surface area (Å²) < 4.78 is 9.58. The maximum absolute atomic E-state index is 11.0. The molecule has 0 aromatic carbocycles. The van der Waals surface area contributed by atoms with Crippen molar-refractivity contribution in [2.75, 3.05) is 13.7 Å². The molecule has 0 atom stereocenters. The Morgan fingerprint density at radius 2 is 2.09 bits per heavy atom. The lowest BCUT2D eigenvalue weighted by Gasteiger charge is -1.94. The van der Waals surface area contributed by atoms with E-state index in [4.69, 9.17) is 9.63 Å². The van der Waals surface area contributed by atoms with Crippen molar-refractivity contribution < 1.29 is 19.2 Å². The minimum absolute atomic E-state index is 0.0163. The Kier molecular flexibility index (Phi) is 10.3. The van der Waals surface area contributed by atoms with Crippen molar-refractivity contribution in [2.24, 2.45) is 0 Å². The SMILES string of the molecule is C=C/C(=C\C=C(/C)CO)c1noc(CCC(=O)OC)n1.CC. The average Bonchev–Trinajstić information content (AvgIpc) is 3.03. The molecule has 6 heteroatoms. The highest BCUT2D eigenvalue weighted by molar-refractivity contribution is 5.70. The number of esters is 1. The van der Waals surface area contributed by atoms with Crippen LogP contribution in [-0.2, 0) is 16.0 Å². The van der Waals surface area contributed by atoms with Gasteiger partial charge in [0.15, 0.2) is 0 Å². The molecular weight excluding hydrogens is 284 g/mol. The monoisotopic (exact) mass is 308 g/mol. The highest BCUT2D eigenvalue weighted by Crippen LogP contribution is 2.13. The van der Waals surface area contributed by atoms with Gasteiger partial charge in [0.2, 0.25) is 11.7 Å². The van der Waals surface area contributed by atoms with E-state index in [1.165, 1.54) is 7.11 Å². The molecule has 6 nitrogen and oxygen atoms in total. The van der Waals surface area contributed by atoms with Crippen LogP contribution < -0.4 is 0 Å². The van der Waals surface area contributed by atoms with Gasteiger partial charge in [0.25, 0.3) is 0 Å². The van der Waals surface area contributed by atoms with Crippen LogP contribution in [-0.4, -0.2) is 34.9 Å². The van der Waals surface area contributed by atoms with Crippen LogP contribution in [0.3, 0.4) is 0 Å². The van der Waals surface area contributed by atoms with Crippen molar-refractivity contribution in [1.29, 1.82) is 0 Å². The average molecular weight is 308 g/mol. The molecule has 1 N–H and O–H groups in total. The number of nitrogens with zero attached hydrogens (tertiary/aromatic N) is 2. The number of aliphatic hydroxyl groups excluding tert-OH is 1. The summed E-state index contributed by atoms with van der Waals surface area (Å²) in [5.74, 6) is 0.425. The summed E-state index contributed by atoms with van der Waals surface area (Å²) in [6.45, 7) is 9.47. The molecule has 0 aliphatic carbocycles. The molecule has 122 valence electrons. The van der Waals surface area contributed by atoms with Gasteiger partial charge in [-0.3, -0.25) is 4.79 Å². The van der Waals surface area contributed by atoms with Crippen LogP contribution in [0.5, 0.6) is 0 Å². The zero-order valence-electron chi connectivity index (χ0n) is 13.6. The largest absolute Gasteiger partial charge is 0.469 e. The van der Waals surface area contributed by atoms with Gasteiger partial charge in [0, 0.05) is 12.0 Å². The smallest absolute Gasteiger partial charge is 0.306 e. The summed E-state index contributed by atoms with van der Waals surface area (Å²) >= 11 is 0. The summed E-state index contributed by atoms with van der Waals surface area (Å²) in [4.78, 5) is 15.2. The number of hydrogen-bond acceptors (Lipinski definition) is 6. The first-order valence-electron chi connectivity index (χ1n) is 7.11. The highest BCUT2D eigenvalue weighted by atomic mass is 16.5. The Morgan fingerprint density at radius 1 is 1.41 bits per heavy atom. The highest BCUT2D eigenvalue weighted by Gasteiger charge is 2.10. The number of aliphatic hydroxyl groups is 1. The van der Waals surface area contributed by atoms with E-state index in [2.05, 4.69) is 21.5 Å². The van der Waals surface area contributed by atoms with Gasteiger partial charge < -0.3 is 14.4 Å². The van der Waals surface area contributed by atoms with Crippen molar-refractivity contribution in [1.82, 2.24) is 10.1 Å². The summed E-state index contributed by atoms with van der Waals surface area (Å²) in [5.41, 5.74) is 1.48. The second-order valence-corrected chi connectivity index (χ2v) is 4.09. The number of aryl methyl sites for hydroxylation is 1.